The molecule has 0 bridgehead atoms. The Labute approximate surface area is 120 Å². The Hall–Kier alpha value is -2.21. The lowest BCUT2D eigenvalue weighted by atomic mass is 10.2. The Morgan fingerprint density at radius 2 is 1.70 bits per heavy atom. The quantitative estimate of drug-likeness (QED) is 0.572. The van der Waals surface area contributed by atoms with Crippen molar-refractivity contribution >= 4 is 39.4 Å². The summed E-state index contributed by atoms with van der Waals surface area (Å²) in [5, 5.41) is 2.09. The van der Waals surface area contributed by atoms with Gasteiger partial charge in [0.2, 0.25) is 0 Å². The van der Waals surface area contributed by atoms with Crippen LogP contribution in [0.15, 0.2) is 48.5 Å². The lowest BCUT2D eigenvalue weighted by molar-refractivity contribution is 0.925. The minimum Gasteiger partial charge on any atom is -0.247 e. The number of benzene rings is 2. The molecule has 4 nitrogen and oxygen atoms in total. The SMILES string of the molecule is NN(N)c1ccc(C=Cc2nc3ccccc3s2)cc1. The number of hydrazine groups is 2. The minimum absolute atomic E-state index is 0.766. The van der Waals surface area contributed by atoms with Crippen molar-refractivity contribution in [2.75, 3.05) is 5.12 Å². The van der Waals surface area contributed by atoms with Gasteiger partial charge in [0.1, 0.15) is 5.01 Å². The molecule has 0 saturated carbocycles. The van der Waals surface area contributed by atoms with Crippen LogP contribution in [0.4, 0.5) is 5.69 Å². The second-order valence-electron chi connectivity index (χ2n) is 4.35. The van der Waals surface area contributed by atoms with E-state index in [-0.39, 0.29) is 0 Å². The summed E-state index contributed by atoms with van der Waals surface area (Å²) >= 11 is 1.68. The van der Waals surface area contributed by atoms with Crippen LogP contribution in [-0.2, 0) is 0 Å². The molecule has 0 aliphatic carbocycles. The molecule has 20 heavy (non-hydrogen) atoms. The van der Waals surface area contributed by atoms with Crippen LogP contribution in [0.1, 0.15) is 10.6 Å². The van der Waals surface area contributed by atoms with E-state index in [9.17, 15) is 0 Å². The first-order valence-electron chi connectivity index (χ1n) is 6.15. The van der Waals surface area contributed by atoms with Crippen molar-refractivity contribution in [3.05, 3.63) is 59.1 Å². The normalized spacial score (nSPS) is 11.3. The molecule has 2 aromatic carbocycles. The highest BCUT2D eigenvalue weighted by atomic mass is 32.1. The van der Waals surface area contributed by atoms with Crippen LogP contribution in [-0.4, -0.2) is 4.98 Å². The molecule has 0 saturated heterocycles. The molecule has 0 radical (unpaired) electrons. The number of hydrogen-bond acceptors (Lipinski definition) is 5. The Bertz CT molecular complexity index is 711. The Kier molecular flexibility index (Phi) is 3.47. The molecule has 0 unspecified atom stereocenters. The molecule has 100 valence electrons. The zero-order valence-corrected chi connectivity index (χ0v) is 11.5. The number of fused-ring (bicyclic) bond motifs is 1. The van der Waals surface area contributed by atoms with E-state index in [0.717, 1.165) is 26.9 Å². The lowest BCUT2D eigenvalue weighted by Gasteiger charge is -2.10. The van der Waals surface area contributed by atoms with Crippen molar-refractivity contribution < 1.29 is 0 Å². The fraction of sp³-hybridized carbons (Fsp3) is 0. The Morgan fingerprint density at radius 1 is 0.950 bits per heavy atom. The van der Waals surface area contributed by atoms with E-state index in [0.29, 0.717) is 0 Å². The summed E-state index contributed by atoms with van der Waals surface area (Å²) in [6, 6.07) is 15.8. The van der Waals surface area contributed by atoms with Gasteiger partial charge < -0.3 is 0 Å². The monoisotopic (exact) mass is 282 g/mol. The maximum absolute atomic E-state index is 5.46. The zero-order valence-electron chi connectivity index (χ0n) is 10.7. The standard InChI is InChI=1S/C15H14N4S/c16-19(17)12-8-5-11(6-9-12)7-10-15-18-13-3-1-2-4-14(13)20-15/h1-10H,16-17H2. The first-order chi connectivity index (χ1) is 9.72. The van der Waals surface area contributed by atoms with Crippen molar-refractivity contribution in [3.8, 4) is 0 Å². The molecular formula is C15H14N4S. The molecule has 0 aliphatic rings. The van der Waals surface area contributed by atoms with Crippen LogP contribution in [0, 0.1) is 0 Å². The van der Waals surface area contributed by atoms with Gasteiger partial charge in [-0.25, -0.2) is 21.8 Å². The van der Waals surface area contributed by atoms with Crippen molar-refractivity contribution in [1.82, 2.24) is 4.98 Å². The van der Waals surface area contributed by atoms with Gasteiger partial charge in [-0.05, 0) is 35.9 Å². The van der Waals surface area contributed by atoms with E-state index in [4.69, 9.17) is 11.7 Å². The number of thiazole rings is 1. The van der Waals surface area contributed by atoms with Crippen LogP contribution >= 0.6 is 11.3 Å². The largest absolute Gasteiger partial charge is 0.247 e. The highest BCUT2D eigenvalue weighted by molar-refractivity contribution is 7.19. The summed E-state index contributed by atoms with van der Waals surface area (Å²) in [6.45, 7) is 0. The fourth-order valence-corrected chi connectivity index (χ4v) is 2.76. The summed E-state index contributed by atoms with van der Waals surface area (Å²) in [4.78, 5) is 4.56. The molecule has 1 heterocycles. The number of hydrogen-bond donors (Lipinski definition) is 2. The van der Waals surface area contributed by atoms with E-state index in [1.165, 1.54) is 4.70 Å². The van der Waals surface area contributed by atoms with E-state index < -0.39 is 0 Å². The van der Waals surface area contributed by atoms with Crippen LogP contribution in [0.2, 0.25) is 0 Å². The van der Waals surface area contributed by atoms with Gasteiger partial charge >= 0.3 is 0 Å². The molecule has 3 aromatic rings. The molecule has 4 N–H and O–H groups in total. The second kappa shape index (κ2) is 5.42. The molecule has 3 rings (SSSR count). The Balaban J connectivity index is 1.82. The third-order valence-corrected chi connectivity index (χ3v) is 3.92. The van der Waals surface area contributed by atoms with Gasteiger partial charge in [0, 0.05) is 0 Å². The van der Waals surface area contributed by atoms with E-state index in [1.54, 1.807) is 11.3 Å². The molecule has 1 aromatic heterocycles. The average Bonchev–Trinajstić information content (AvgIpc) is 2.88. The molecule has 0 amide bonds. The highest BCUT2D eigenvalue weighted by Crippen LogP contribution is 2.23. The second-order valence-corrected chi connectivity index (χ2v) is 5.41. The maximum atomic E-state index is 5.46. The average molecular weight is 282 g/mol. The van der Waals surface area contributed by atoms with E-state index >= 15 is 0 Å². The number of nitrogens with two attached hydrogens (primary N) is 2. The van der Waals surface area contributed by atoms with Crippen molar-refractivity contribution in [2.24, 2.45) is 11.7 Å². The van der Waals surface area contributed by atoms with Crippen molar-refractivity contribution in [1.29, 1.82) is 0 Å². The highest BCUT2D eigenvalue weighted by Gasteiger charge is 1.99. The van der Waals surface area contributed by atoms with Crippen LogP contribution in [0.25, 0.3) is 22.4 Å². The summed E-state index contributed by atoms with van der Waals surface area (Å²) in [5.74, 6) is 10.9. The predicted molar refractivity (Wildman–Crippen MR) is 85.8 cm³/mol. The van der Waals surface area contributed by atoms with Crippen LogP contribution in [0.3, 0.4) is 0 Å². The third-order valence-electron chi connectivity index (χ3n) is 2.92. The molecule has 5 heteroatoms. The Morgan fingerprint density at radius 3 is 2.40 bits per heavy atom. The van der Waals surface area contributed by atoms with Gasteiger partial charge in [-0.3, -0.25) is 0 Å². The van der Waals surface area contributed by atoms with Crippen molar-refractivity contribution in [3.63, 3.8) is 0 Å². The zero-order chi connectivity index (χ0) is 13.9. The summed E-state index contributed by atoms with van der Waals surface area (Å²) in [6.07, 6.45) is 4.04. The molecule has 0 aliphatic heterocycles. The van der Waals surface area contributed by atoms with Crippen LogP contribution in [0.5, 0.6) is 0 Å². The molecule has 0 spiro atoms. The third kappa shape index (κ3) is 2.70. The number of rotatable bonds is 3. The predicted octanol–water partition coefficient (Wildman–Crippen LogP) is 3.02. The van der Waals surface area contributed by atoms with E-state index in [1.807, 2.05) is 54.6 Å². The first-order valence-corrected chi connectivity index (χ1v) is 6.97. The van der Waals surface area contributed by atoms with E-state index in [2.05, 4.69) is 11.1 Å². The summed E-state index contributed by atoms with van der Waals surface area (Å²) in [5.41, 5.74) is 2.88. The topological polar surface area (TPSA) is 68.2 Å². The number of nitrogens with zero attached hydrogens (tertiary/aromatic N) is 2. The van der Waals surface area contributed by atoms with Gasteiger partial charge in [0.25, 0.3) is 0 Å². The molecule has 0 atom stereocenters. The van der Waals surface area contributed by atoms with Crippen molar-refractivity contribution in [2.45, 2.75) is 0 Å². The lowest BCUT2D eigenvalue weighted by Crippen LogP contribution is -2.37. The smallest absolute Gasteiger partial charge is 0.117 e. The summed E-state index contributed by atoms with van der Waals surface area (Å²) in [7, 11) is 0. The van der Waals surface area contributed by atoms with Gasteiger partial charge in [0.05, 0.1) is 15.9 Å². The summed E-state index contributed by atoms with van der Waals surface area (Å²) < 4.78 is 1.20. The first kappa shape index (κ1) is 12.8. The molecular weight excluding hydrogens is 268 g/mol. The van der Waals surface area contributed by atoms with Gasteiger partial charge in [-0.1, -0.05) is 30.3 Å². The van der Waals surface area contributed by atoms with Gasteiger partial charge in [-0.15, -0.1) is 11.3 Å². The number of para-hydroxylation sites is 1. The number of anilines is 1. The minimum atomic E-state index is 0.766. The van der Waals surface area contributed by atoms with Gasteiger partial charge in [0.15, 0.2) is 0 Å². The van der Waals surface area contributed by atoms with Gasteiger partial charge in [-0.2, -0.15) is 0 Å². The maximum Gasteiger partial charge on any atom is 0.117 e. The van der Waals surface area contributed by atoms with Crippen LogP contribution < -0.4 is 16.8 Å². The number of aromatic nitrogens is 1. The fourth-order valence-electron chi connectivity index (χ4n) is 1.89. The molecule has 0 fully saturated rings.